The Kier molecular flexibility index (Phi) is 3.42. The molecule has 0 saturated carbocycles. The van der Waals surface area contributed by atoms with Gasteiger partial charge in [-0.1, -0.05) is 44.2 Å². The predicted molar refractivity (Wildman–Crippen MR) is 65.0 cm³/mol. The molecule has 1 fully saturated rings. The van der Waals surface area contributed by atoms with E-state index >= 15 is 0 Å². The molecular weight excluding hydrogens is 182 g/mol. The molecule has 1 saturated heterocycles. The minimum atomic E-state index is 0.708. The van der Waals surface area contributed by atoms with Crippen LogP contribution in [0.1, 0.15) is 31.7 Å². The molecule has 2 atom stereocenters. The molecule has 1 nitrogen and oxygen atoms in total. The van der Waals surface area contributed by atoms with Gasteiger partial charge in [0, 0.05) is 6.54 Å². The van der Waals surface area contributed by atoms with E-state index in [1.165, 1.54) is 18.5 Å². The van der Waals surface area contributed by atoms with Crippen molar-refractivity contribution >= 4 is 0 Å². The van der Waals surface area contributed by atoms with Crippen LogP contribution in [-0.4, -0.2) is 13.1 Å². The number of benzene rings is 1. The van der Waals surface area contributed by atoms with Crippen LogP contribution in [-0.2, 0) is 0 Å². The highest BCUT2D eigenvalue weighted by Gasteiger charge is 2.28. The summed E-state index contributed by atoms with van der Waals surface area (Å²) in [5.74, 6) is 2.34. The van der Waals surface area contributed by atoms with Crippen molar-refractivity contribution in [3.63, 3.8) is 0 Å². The topological polar surface area (TPSA) is 12.0 Å². The molecule has 0 amide bonds. The second-order valence-electron chi connectivity index (χ2n) is 4.92. The van der Waals surface area contributed by atoms with Crippen LogP contribution in [0.3, 0.4) is 0 Å². The van der Waals surface area contributed by atoms with E-state index in [4.69, 9.17) is 0 Å². The summed E-state index contributed by atoms with van der Waals surface area (Å²) in [6, 6.07) is 11.0. The van der Waals surface area contributed by atoms with E-state index in [2.05, 4.69) is 49.5 Å². The second-order valence-corrected chi connectivity index (χ2v) is 4.92. The Morgan fingerprint density at radius 3 is 2.60 bits per heavy atom. The van der Waals surface area contributed by atoms with Gasteiger partial charge >= 0.3 is 0 Å². The molecule has 1 heteroatoms. The fourth-order valence-corrected chi connectivity index (χ4v) is 2.74. The van der Waals surface area contributed by atoms with Crippen molar-refractivity contribution in [2.75, 3.05) is 13.1 Å². The van der Waals surface area contributed by atoms with Crippen LogP contribution in [0.5, 0.6) is 0 Å². The summed E-state index contributed by atoms with van der Waals surface area (Å²) in [7, 11) is 0. The lowest BCUT2D eigenvalue weighted by Gasteiger charge is -2.35. The highest BCUT2D eigenvalue weighted by molar-refractivity contribution is 5.21. The van der Waals surface area contributed by atoms with Crippen molar-refractivity contribution < 1.29 is 0 Å². The molecule has 1 aliphatic heterocycles. The first-order valence-corrected chi connectivity index (χ1v) is 6.04. The number of rotatable bonds is 2. The van der Waals surface area contributed by atoms with E-state index in [0.29, 0.717) is 5.92 Å². The maximum absolute atomic E-state index is 3.52. The summed E-state index contributed by atoms with van der Waals surface area (Å²) in [5.41, 5.74) is 1.50. The Bertz CT molecular complexity index is 291. The maximum Gasteiger partial charge on any atom is 0.00229 e. The summed E-state index contributed by atoms with van der Waals surface area (Å²) in [6.45, 7) is 7.04. The highest BCUT2D eigenvalue weighted by Crippen LogP contribution is 2.34. The Morgan fingerprint density at radius 2 is 1.93 bits per heavy atom. The first-order valence-electron chi connectivity index (χ1n) is 6.04. The van der Waals surface area contributed by atoms with Gasteiger partial charge in [0.1, 0.15) is 0 Å². The van der Waals surface area contributed by atoms with Crippen LogP contribution in [0, 0.1) is 11.8 Å². The van der Waals surface area contributed by atoms with Gasteiger partial charge < -0.3 is 5.32 Å². The fourth-order valence-electron chi connectivity index (χ4n) is 2.74. The largest absolute Gasteiger partial charge is 0.316 e. The molecule has 1 N–H and O–H groups in total. The van der Waals surface area contributed by atoms with E-state index in [0.717, 1.165) is 18.4 Å². The van der Waals surface area contributed by atoms with E-state index in [9.17, 15) is 0 Å². The summed E-state index contributed by atoms with van der Waals surface area (Å²) < 4.78 is 0. The van der Waals surface area contributed by atoms with Gasteiger partial charge in [-0.3, -0.25) is 0 Å². The third-order valence-corrected chi connectivity index (χ3v) is 3.62. The maximum atomic E-state index is 3.52. The molecule has 1 aliphatic rings. The normalized spacial score (nSPS) is 26.9. The second kappa shape index (κ2) is 4.80. The summed E-state index contributed by atoms with van der Waals surface area (Å²) in [6.07, 6.45) is 1.32. The van der Waals surface area contributed by atoms with E-state index in [1.807, 2.05) is 0 Å². The quantitative estimate of drug-likeness (QED) is 0.779. The fraction of sp³-hybridized carbons (Fsp3) is 0.571. The zero-order chi connectivity index (χ0) is 10.7. The molecular formula is C14H21N. The first kappa shape index (κ1) is 10.7. The molecule has 15 heavy (non-hydrogen) atoms. The van der Waals surface area contributed by atoms with Gasteiger partial charge in [0.25, 0.3) is 0 Å². The highest BCUT2D eigenvalue weighted by atomic mass is 14.9. The first-order chi connectivity index (χ1) is 7.29. The molecule has 0 spiro atoms. The van der Waals surface area contributed by atoms with Gasteiger partial charge in [-0.15, -0.1) is 0 Å². The van der Waals surface area contributed by atoms with Crippen molar-refractivity contribution in [3.05, 3.63) is 35.9 Å². The van der Waals surface area contributed by atoms with Crippen LogP contribution in [0.25, 0.3) is 0 Å². The minimum absolute atomic E-state index is 0.708. The van der Waals surface area contributed by atoms with Gasteiger partial charge in [0.15, 0.2) is 0 Å². The molecule has 1 aromatic carbocycles. The van der Waals surface area contributed by atoms with Crippen molar-refractivity contribution in [1.29, 1.82) is 0 Å². The SMILES string of the molecule is CC(C)[C@@H]1CCNC[C@@H]1c1ccccc1. The standard InChI is InChI=1S/C14H21N/c1-11(2)13-8-9-15-10-14(13)12-6-4-3-5-7-12/h3-7,11,13-15H,8-10H2,1-2H3/t13-,14+/m0/s1. The lowest BCUT2D eigenvalue weighted by molar-refractivity contribution is 0.252. The smallest absolute Gasteiger partial charge is 0.00229 e. The van der Waals surface area contributed by atoms with Crippen molar-refractivity contribution in [3.8, 4) is 0 Å². The van der Waals surface area contributed by atoms with E-state index < -0.39 is 0 Å². The Hall–Kier alpha value is -0.820. The average Bonchev–Trinajstić information content (AvgIpc) is 2.30. The van der Waals surface area contributed by atoms with Crippen LogP contribution in [0.4, 0.5) is 0 Å². The van der Waals surface area contributed by atoms with Gasteiger partial charge in [-0.05, 0) is 36.3 Å². The molecule has 1 aromatic rings. The Labute approximate surface area is 92.9 Å². The number of hydrogen-bond acceptors (Lipinski definition) is 1. The minimum Gasteiger partial charge on any atom is -0.316 e. The summed E-state index contributed by atoms with van der Waals surface area (Å²) in [4.78, 5) is 0. The van der Waals surface area contributed by atoms with Crippen molar-refractivity contribution in [1.82, 2.24) is 5.32 Å². The molecule has 0 aliphatic carbocycles. The molecule has 0 bridgehead atoms. The molecule has 1 heterocycles. The van der Waals surface area contributed by atoms with Gasteiger partial charge in [-0.25, -0.2) is 0 Å². The third kappa shape index (κ3) is 2.40. The monoisotopic (exact) mass is 203 g/mol. The summed E-state index contributed by atoms with van der Waals surface area (Å²) in [5, 5.41) is 3.52. The Morgan fingerprint density at radius 1 is 1.20 bits per heavy atom. The van der Waals surface area contributed by atoms with Crippen LogP contribution in [0.2, 0.25) is 0 Å². The predicted octanol–water partition coefficient (Wildman–Crippen LogP) is 3.04. The van der Waals surface area contributed by atoms with Crippen LogP contribution in [0.15, 0.2) is 30.3 Å². The molecule has 82 valence electrons. The van der Waals surface area contributed by atoms with E-state index in [-0.39, 0.29) is 0 Å². The number of hydrogen-bond donors (Lipinski definition) is 1. The van der Waals surface area contributed by atoms with Crippen molar-refractivity contribution in [2.24, 2.45) is 11.8 Å². The van der Waals surface area contributed by atoms with Crippen LogP contribution >= 0.6 is 0 Å². The van der Waals surface area contributed by atoms with E-state index in [1.54, 1.807) is 0 Å². The third-order valence-electron chi connectivity index (χ3n) is 3.62. The van der Waals surface area contributed by atoms with Crippen molar-refractivity contribution in [2.45, 2.75) is 26.2 Å². The molecule has 2 rings (SSSR count). The zero-order valence-corrected chi connectivity index (χ0v) is 9.74. The number of nitrogens with one attached hydrogen (secondary N) is 1. The lowest BCUT2D eigenvalue weighted by Crippen LogP contribution is -2.37. The lowest BCUT2D eigenvalue weighted by atomic mass is 9.75. The van der Waals surface area contributed by atoms with Crippen LogP contribution < -0.4 is 5.32 Å². The summed E-state index contributed by atoms with van der Waals surface area (Å²) >= 11 is 0. The number of piperidine rings is 1. The zero-order valence-electron chi connectivity index (χ0n) is 9.74. The average molecular weight is 203 g/mol. The van der Waals surface area contributed by atoms with Gasteiger partial charge in [0.2, 0.25) is 0 Å². The molecule has 0 radical (unpaired) electrons. The van der Waals surface area contributed by atoms with Gasteiger partial charge in [-0.2, -0.15) is 0 Å². The molecule has 0 aromatic heterocycles. The molecule has 0 unspecified atom stereocenters. The van der Waals surface area contributed by atoms with Gasteiger partial charge in [0.05, 0.1) is 0 Å². The Balaban J connectivity index is 2.18.